The highest BCUT2D eigenvalue weighted by Crippen LogP contribution is 2.64. The Bertz CT molecular complexity index is 1840. The average Bonchev–Trinajstić information content (AvgIpc) is 3.38. The molecule has 1 N–H and O–H groups in total. The Labute approximate surface area is 268 Å². The summed E-state index contributed by atoms with van der Waals surface area (Å²) >= 11 is 12.1. The molecule has 8 nitrogen and oxygen atoms in total. The minimum atomic E-state index is -1.34. The van der Waals surface area contributed by atoms with Crippen LogP contribution in [0.2, 0.25) is 10.0 Å². The van der Waals surface area contributed by atoms with Crippen LogP contribution in [0.4, 0.5) is 15.8 Å². The zero-order chi connectivity index (χ0) is 31.9. The summed E-state index contributed by atoms with van der Waals surface area (Å²) in [5, 5.41) is 11.0. The Morgan fingerprint density at radius 3 is 2.27 bits per heavy atom. The smallest absolute Gasteiger partial charge is 0.241 e. The summed E-state index contributed by atoms with van der Waals surface area (Å²) in [4.78, 5) is 58.8. The molecule has 2 aliphatic heterocycles. The first-order valence-corrected chi connectivity index (χ1v) is 15.3. The number of hydrogen-bond acceptors (Lipinski definition) is 6. The van der Waals surface area contributed by atoms with E-state index in [2.05, 4.69) is 0 Å². The lowest BCUT2D eigenvalue weighted by Gasteiger charge is -2.49. The van der Waals surface area contributed by atoms with Crippen molar-refractivity contribution in [2.75, 3.05) is 16.9 Å². The molecule has 45 heavy (non-hydrogen) atoms. The first kappa shape index (κ1) is 29.5. The van der Waals surface area contributed by atoms with Gasteiger partial charge in [-0.15, -0.1) is 0 Å². The summed E-state index contributed by atoms with van der Waals surface area (Å²) in [6, 6.07) is 15.0. The lowest BCUT2D eigenvalue weighted by atomic mass is 9.51. The number of halogens is 3. The molecule has 0 bridgehead atoms. The lowest BCUT2D eigenvalue weighted by Crippen LogP contribution is -2.48. The van der Waals surface area contributed by atoms with E-state index in [4.69, 9.17) is 27.9 Å². The number of fused-ring (bicyclic) bond motifs is 4. The molecule has 0 radical (unpaired) electrons. The number of allylic oxidation sites excluding steroid dienone is 2. The molecule has 0 unspecified atom stereocenters. The molecule has 1 saturated carbocycles. The van der Waals surface area contributed by atoms with Gasteiger partial charge < -0.3 is 9.84 Å². The second-order valence-electron chi connectivity index (χ2n) is 12.2. The number of aromatic hydroxyl groups is 1. The third kappa shape index (κ3) is 4.17. The maximum Gasteiger partial charge on any atom is 0.241 e. The van der Waals surface area contributed by atoms with Gasteiger partial charge in [0.25, 0.3) is 0 Å². The highest BCUT2D eigenvalue weighted by atomic mass is 35.5. The van der Waals surface area contributed by atoms with Gasteiger partial charge in [-0.3, -0.25) is 24.1 Å². The van der Waals surface area contributed by atoms with Crippen molar-refractivity contribution >= 4 is 58.2 Å². The third-order valence-corrected chi connectivity index (χ3v) is 10.6. The molecule has 11 heteroatoms. The van der Waals surface area contributed by atoms with Crippen molar-refractivity contribution in [3.63, 3.8) is 0 Å². The fraction of sp³-hybridized carbons (Fsp3) is 0.294. The van der Waals surface area contributed by atoms with Gasteiger partial charge in [-0.25, -0.2) is 9.29 Å². The summed E-state index contributed by atoms with van der Waals surface area (Å²) in [5.74, 6) is -5.87. The van der Waals surface area contributed by atoms with Crippen LogP contribution < -0.4 is 14.5 Å². The molecule has 3 fully saturated rings. The number of amides is 4. The Balaban J connectivity index is 1.37. The molecule has 4 aliphatic rings. The molecule has 2 aliphatic carbocycles. The SMILES string of the molecule is COc1ccc([C@H]2C3=CC[C@@H]4C(=O)N(c5ccc(Cl)cc5)C(=O)[C@@H]4[C@@H]3C[C@H]3C(=O)N(c4ccc(F)c(Cl)c4)C(=O)[C@@]23C)cc1O. The predicted molar refractivity (Wildman–Crippen MR) is 165 cm³/mol. The normalized spacial score (nSPS) is 29.0. The van der Waals surface area contributed by atoms with Gasteiger partial charge in [0.15, 0.2) is 11.5 Å². The standard InChI is InChI=1S/C34H27Cl2FN2O6/c1-34-23(31(42)39(33(34)44)19-8-11-25(37)24(36)14-19)15-22-20(29(34)16-3-12-27(45-2)26(40)13-16)9-10-21-28(22)32(43)38(30(21)41)18-6-4-17(35)5-7-18/h3-9,11-14,21-23,28-29,40H,10,15H2,1-2H3/t21-,22+,23-,28-,29-,34+/m0/s1. The largest absolute Gasteiger partial charge is 0.504 e. The van der Waals surface area contributed by atoms with Gasteiger partial charge in [-0.05, 0) is 85.8 Å². The summed E-state index contributed by atoms with van der Waals surface area (Å²) < 4.78 is 19.3. The van der Waals surface area contributed by atoms with Crippen LogP contribution in [0.1, 0.15) is 31.2 Å². The van der Waals surface area contributed by atoms with Crippen LogP contribution >= 0.6 is 23.2 Å². The van der Waals surface area contributed by atoms with E-state index in [1.54, 1.807) is 43.3 Å². The van der Waals surface area contributed by atoms with E-state index in [1.807, 2.05) is 6.08 Å². The van der Waals surface area contributed by atoms with Crippen molar-refractivity contribution in [2.45, 2.75) is 25.7 Å². The fourth-order valence-corrected chi connectivity index (χ4v) is 8.30. The number of methoxy groups -OCH3 is 1. The second kappa shape index (κ2) is 10.4. The van der Waals surface area contributed by atoms with E-state index >= 15 is 0 Å². The maximum absolute atomic E-state index is 14.5. The van der Waals surface area contributed by atoms with Crippen molar-refractivity contribution in [3.8, 4) is 11.5 Å². The molecule has 7 rings (SSSR count). The number of nitrogens with zero attached hydrogens (tertiary/aromatic N) is 2. The monoisotopic (exact) mass is 648 g/mol. The second-order valence-corrected chi connectivity index (χ2v) is 13.0. The van der Waals surface area contributed by atoms with Crippen molar-refractivity contribution in [1.29, 1.82) is 0 Å². The molecule has 3 aromatic carbocycles. The number of phenols is 1. The number of ether oxygens (including phenoxy) is 1. The Morgan fingerprint density at radius 2 is 1.60 bits per heavy atom. The maximum atomic E-state index is 14.5. The predicted octanol–water partition coefficient (Wildman–Crippen LogP) is 6.28. The lowest BCUT2D eigenvalue weighted by molar-refractivity contribution is -0.131. The van der Waals surface area contributed by atoms with Crippen LogP contribution in [0.5, 0.6) is 11.5 Å². The van der Waals surface area contributed by atoms with Gasteiger partial charge in [0.1, 0.15) is 5.82 Å². The number of rotatable bonds is 4. The van der Waals surface area contributed by atoms with Crippen molar-refractivity contribution in [1.82, 2.24) is 0 Å². The molecule has 0 aromatic heterocycles. The van der Waals surface area contributed by atoms with Crippen LogP contribution in [0.15, 0.2) is 72.3 Å². The average molecular weight is 650 g/mol. The van der Waals surface area contributed by atoms with Crippen LogP contribution in [0, 0.1) is 34.9 Å². The van der Waals surface area contributed by atoms with Gasteiger partial charge in [0.05, 0.1) is 46.7 Å². The molecular weight excluding hydrogens is 622 g/mol. The zero-order valence-electron chi connectivity index (χ0n) is 24.2. The summed E-state index contributed by atoms with van der Waals surface area (Å²) in [6.07, 6.45) is 2.33. The topological polar surface area (TPSA) is 104 Å². The molecule has 2 heterocycles. The van der Waals surface area contributed by atoms with Gasteiger partial charge in [-0.1, -0.05) is 40.9 Å². The number of carbonyl (C=O) groups excluding carboxylic acids is 4. The van der Waals surface area contributed by atoms with E-state index in [-0.39, 0.29) is 46.9 Å². The van der Waals surface area contributed by atoms with Crippen molar-refractivity contribution in [2.24, 2.45) is 29.1 Å². The Morgan fingerprint density at radius 1 is 0.889 bits per heavy atom. The highest BCUT2D eigenvalue weighted by Gasteiger charge is 2.67. The molecule has 3 aromatic rings. The minimum absolute atomic E-state index is 0.138. The quantitative estimate of drug-likeness (QED) is 0.264. The van der Waals surface area contributed by atoms with Crippen LogP contribution in [-0.4, -0.2) is 35.8 Å². The number of imide groups is 2. The summed E-state index contributed by atoms with van der Waals surface area (Å²) in [6.45, 7) is 1.72. The first-order valence-electron chi connectivity index (χ1n) is 14.5. The van der Waals surface area contributed by atoms with Crippen LogP contribution in [-0.2, 0) is 19.2 Å². The van der Waals surface area contributed by atoms with Crippen LogP contribution in [0.25, 0.3) is 0 Å². The fourth-order valence-electron chi connectivity index (χ4n) is 8.00. The number of phenolic OH excluding ortho intramolecular Hbond substituents is 1. The zero-order valence-corrected chi connectivity index (χ0v) is 25.7. The molecule has 0 spiro atoms. The highest BCUT2D eigenvalue weighted by molar-refractivity contribution is 6.32. The third-order valence-electron chi connectivity index (χ3n) is 10.1. The van der Waals surface area contributed by atoms with E-state index < -0.39 is 52.6 Å². The van der Waals surface area contributed by atoms with E-state index in [0.717, 1.165) is 16.5 Å². The number of carbonyl (C=O) groups is 4. The summed E-state index contributed by atoms with van der Waals surface area (Å²) in [5.41, 5.74) is 0.532. The van der Waals surface area contributed by atoms with Crippen molar-refractivity contribution in [3.05, 3.63) is 93.7 Å². The van der Waals surface area contributed by atoms with E-state index in [9.17, 15) is 28.7 Å². The molecule has 2 saturated heterocycles. The van der Waals surface area contributed by atoms with Gasteiger partial charge >= 0.3 is 0 Å². The molecule has 6 atom stereocenters. The van der Waals surface area contributed by atoms with E-state index in [0.29, 0.717) is 16.3 Å². The number of hydrogen-bond donors (Lipinski definition) is 1. The Kier molecular flexibility index (Phi) is 6.83. The van der Waals surface area contributed by atoms with Gasteiger partial charge in [0, 0.05) is 10.9 Å². The Hall–Kier alpha value is -4.21. The number of benzene rings is 3. The minimum Gasteiger partial charge on any atom is -0.504 e. The van der Waals surface area contributed by atoms with Gasteiger partial charge in [0.2, 0.25) is 23.6 Å². The molecule has 4 amide bonds. The van der Waals surface area contributed by atoms with Crippen molar-refractivity contribution < 1.29 is 33.4 Å². The van der Waals surface area contributed by atoms with Crippen LogP contribution in [0.3, 0.4) is 0 Å². The van der Waals surface area contributed by atoms with Gasteiger partial charge in [-0.2, -0.15) is 0 Å². The summed E-state index contributed by atoms with van der Waals surface area (Å²) in [7, 11) is 1.42. The van der Waals surface area contributed by atoms with E-state index in [1.165, 1.54) is 30.2 Å². The first-order chi connectivity index (χ1) is 21.5. The number of anilines is 2. The molecule has 230 valence electrons. The molecular formula is C34H27Cl2FN2O6.